The van der Waals surface area contributed by atoms with Crippen LogP contribution in [0.2, 0.25) is 0 Å². The van der Waals surface area contributed by atoms with Gasteiger partial charge in [-0.05, 0) is 51.3 Å². The molecule has 7 heteroatoms. The van der Waals surface area contributed by atoms with Crippen molar-refractivity contribution >= 4 is 15.9 Å². The Morgan fingerprint density at radius 3 is 2.32 bits per heavy atom. The van der Waals surface area contributed by atoms with Crippen molar-refractivity contribution in [2.75, 3.05) is 11.3 Å². The molecule has 0 bridgehead atoms. The molecule has 0 saturated heterocycles. The highest BCUT2D eigenvalue weighted by molar-refractivity contribution is 7.90. The third-order valence-electron chi connectivity index (χ3n) is 3.17. The van der Waals surface area contributed by atoms with E-state index in [1.165, 1.54) is 12.8 Å². The molecule has 0 amide bonds. The van der Waals surface area contributed by atoms with Gasteiger partial charge in [0.1, 0.15) is 0 Å². The summed E-state index contributed by atoms with van der Waals surface area (Å²) in [7, 11) is -3.61. The smallest absolute Gasteiger partial charge is 0.299 e. The van der Waals surface area contributed by atoms with Crippen LogP contribution < -0.4 is 14.8 Å². The first-order valence-electron chi connectivity index (χ1n) is 7.48. The zero-order chi connectivity index (χ0) is 16.4. The second kappa shape index (κ2) is 6.54. The first kappa shape index (κ1) is 17.2. The number of aliphatic hydroxyl groups is 1. The molecule has 1 aliphatic rings. The Morgan fingerprint density at radius 1 is 1.23 bits per heavy atom. The summed E-state index contributed by atoms with van der Waals surface area (Å²) in [6.45, 7) is 5.84. The van der Waals surface area contributed by atoms with E-state index in [0.717, 1.165) is 5.56 Å². The lowest BCUT2D eigenvalue weighted by molar-refractivity contribution is 0.174. The van der Waals surface area contributed by atoms with Gasteiger partial charge in [0.25, 0.3) is 10.2 Å². The minimum Gasteiger partial charge on any atom is -0.387 e. The van der Waals surface area contributed by atoms with Crippen molar-refractivity contribution in [2.45, 2.75) is 51.3 Å². The predicted octanol–water partition coefficient (Wildman–Crippen LogP) is 1.52. The lowest BCUT2D eigenvalue weighted by Gasteiger charge is -2.21. The molecule has 1 atom stereocenters. The third kappa shape index (κ3) is 5.92. The summed E-state index contributed by atoms with van der Waals surface area (Å²) in [6, 6.07) is 7.31. The van der Waals surface area contributed by atoms with Gasteiger partial charge in [0.05, 0.1) is 6.10 Å². The summed E-state index contributed by atoms with van der Waals surface area (Å²) in [6.07, 6.45) is 1.77. The highest BCUT2D eigenvalue weighted by Gasteiger charge is 2.22. The maximum absolute atomic E-state index is 11.9. The molecule has 1 aromatic rings. The van der Waals surface area contributed by atoms with Crippen LogP contribution in [-0.2, 0) is 10.2 Å². The first-order valence-corrected chi connectivity index (χ1v) is 8.96. The lowest BCUT2D eigenvalue weighted by atomic mass is 10.1. The van der Waals surface area contributed by atoms with Gasteiger partial charge in [0, 0.05) is 23.8 Å². The molecule has 0 radical (unpaired) electrons. The van der Waals surface area contributed by atoms with Crippen molar-refractivity contribution in [3.63, 3.8) is 0 Å². The molecule has 2 rings (SSSR count). The van der Waals surface area contributed by atoms with E-state index in [1.807, 2.05) is 0 Å². The van der Waals surface area contributed by atoms with Gasteiger partial charge in [-0.1, -0.05) is 12.1 Å². The molecular formula is C15H25N3O3S. The Morgan fingerprint density at radius 2 is 1.82 bits per heavy atom. The second-order valence-electron chi connectivity index (χ2n) is 6.78. The van der Waals surface area contributed by atoms with Crippen LogP contribution in [0, 0.1) is 0 Å². The monoisotopic (exact) mass is 327 g/mol. The van der Waals surface area contributed by atoms with Gasteiger partial charge in [0.2, 0.25) is 0 Å². The molecule has 1 saturated carbocycles. The summed E-state index contributed by atoms with van der Waals surface area (Å²) in [5.74, 6) is 0. The maximum atomic E-state index is 11.9. The Balaban J connectivity index is 1.93. The Bertz CT molecular complexity index is 589. The van der Waals surface area contributed by atoms with Crippen LogP contribution in [0.4, 0.5) is 5.69 Å². The average molecular weight is 327 g/mol. The zero-order valence-corrected chi connectivity index (χ0v) is 14.1. The number of hydrogen-bond acceptors (Lipinski definition) is 4. The topological polar surface area (TPSA) is 90.5 Å². The minimum atomic E-state index is -3.61. The molecule has 6 nitrogen and oxygen atoms in total. The van der Waals surface area contributed by atoms with E-state index in [4.69, 9.17) is 0 Å². The van der Waals surface area contributed by atoms with Crippen LogP contribution in [0.25, 0.3) is 0 Å². The summed E-state index contributed by atoms with van der Waals surface area (Å²) < 4.78 is 28.9. The number of rotatable bonds is 7. The molecule has 1 fully saturated rings. The Hall–Kier alpha value is -1.15. The third-order valence-corrected chi connectivity index (χ3v) is 4.55. The quantitative estimate of drug-likeness (QED) is 0.611. The summed E-state index contributed by atoms with van der Waals surface area (Å²) in [5, 5.41) is 13.3. The van der Waals surface area contributed by atoms with Crippen LogP contribution >= 0.6 is 0 Å². The van der Waals surface area contributed by atoms with E-state index in [1.54, 1.807) is 45.0 Å². The van der Waals surface area contributed by atoms with E-state index in [9.17, 15) is 13.5 Å². The number of hydrogen-bond donors (Lipinski definition) is 4. The Kier molecular flexibility index (Phi) is 5.11. The molecule has 0 heterocycles. The largest absolute Gasteiger partial charge is 0.387 e. The normalized spacial score (nSPS) is 17.3. The van der Waals surface area contributed by atoms with Gasteiger partial charge in [-0.3, -0.25) is 4.72 Å². The summed E-state index contributed by atoms with van der Waals surface area (Å²) in [4.78, 5) is 0. The van der Waals surface area contributed by atoms with Crippen LogP contribution in [0.3, 0.4) is 0 Å². The second-order valence-corrected chi connectivity index (χ2v) is 8.19. The van der Waals surface area contributed by atoms with Crippen LogP contribution in [0.1, 0.15) is 45.3 Å². The van der Waals surface area contributed by atoms with E-state index >= 15 is 0 Å². The summed E-state index contributed by atoms with van der Waals surface area (Å²) >= 11 is 0. The van der Waals surface area contributed by atoms with Gasteiger partial charge in [0.15, 0.2) is 0 Å². The predicted molar refractivity (Wildman–Crippen MR) is 87.9 cm³/mol. The van der Waals surface area contributed by atoms with Crippen LogP contribution in [0.15, 0.2) is 24.3 Å². The maximum Gasteiger partial charge on any atom is 0.299 e. The van der Waals surface area contributed by atoms with Gasteiger partial charge in [-0.2, -0.15) is 13.1 Å². The molecular weight excluding hydrogens is 302 g/mol. The molecule has 0 aromatic heterocycles. The van der Waals surface area contributed by atoms with Crippen molar-refractivity contribution in [2.24, 2.45) is 0 Å². The zero-order valence-electron chi connectivity index (χ0n) is 13.3. The highest BCUT2D eigenvalue weighted by Crippen LogP contribution is 2.21. The Labute approximate surface area is 132 Å². The van der Waals surface area contributed by atoms with E-state index in [0.29, 0.717) is 18.3 Å². The number of nitrogens with one attached hydrogen (secondary N) is 3. The number of anilines is 1. The van der Waals surface area contributed by atoms with Crippen molar-refractivity contribution < 1.29 is 13.5 Å². The number of aliphatic hydroxyl groups excluding tert-OH is 1. The molecule has 0 aliphatic heterocycles. The van der Waals surface area contributed by atoms with Crippen LogP contribution in [-0.4, -0.2) is 31.6 Å². The first-order chi connectivity index (χ1) is 10.1. The van der Waals surface area contributed by atoms with Crippen molar-refractivity contribution in [3.05, 3.63) is 29.8 Å². The van der Waals surface area contributed by atoms with Gasteiger partial charge >= 0.3 is 0 Å². The molecule has 22 heavy (non-hydrogen) atoms. The van der Waals surface area contributed by atoms with Gasteiger partial charge in [-0.25, -0.2) is 0 Å². The van der Waals surface area contributed by atoms with Gasteiger partial charge in [-0.15, -0.1) is 0 Å². The molecule has 1 aromatic carbocycles. The molecule has 124 valence electrons. The van der Waals surface area contributed by atoms with Crippen molar-refractivity contribution in [1.29, 1.82) is 0 Å². The molecule has 1 aliphatic carbocycles. The van der Waals surface area contributed by atoms with Crippen LogP contribution in [0.5, 0.6) is 0 Å². The fraction of sp³-hybridized carbons (Fsp3) is 0.600. The fourth-order valence-corrected chi connectivity index (χ4v) is 3.34. The molecule has 1 unspecified atom stereocenters. The molecule has 4 N–H and O–H groups in total. The highest BCUT2D eigenvalue weighted by atomic mass is 32.2. The average Bonchev–Trinajstić information content (AvgIpc) is 3.17. The molecule has 0 spiro atoms. The summed E-state index contributed by atoms with van der Waals surface area (Å²) in [5.41, 5.74) is 0.680. The fourth-order valence-electron chi connectivity index (χ4n) is 2.04. The lowest BCUT2D eigenvalue weighted by Crippen LogP contribution is -2.43. The SMILES string of the molecule is CC(C)(C)NS(=O)(=O)Nc1ccc(C(O)CNC2CC2)cc1. The van der Waals surface area contributed by atoms with E-state index < -0.39 is 21.9 Å². The van der Waals surface area contributed by atoms with Crippen molar-refractivity contribution in [1.82, 2.24) is 10.0 Å². The standard InChI is InChI=1S/C15H25N3O3S/c1-15(2,3)18-22(20,21)17-13-6-4-11(5-7-13)14(19)10-16-12-8-9-12/h4-7,12,14,16-19H,8-10H2,1-3H3. The number of benzene rings is 1. The van der Waals surface area contributed by atoms with E-state index in [2.05, 4.69) is 14.8 Å². The minimum absolute atomic E-state index is 0.461. The van der Waals surface area contributed by atoms with E-state index in [-0.39, 0.29) is 0 Å². The van der Waals surface area contributed by atoms with Gasteiger partial charge < -0.3 is 10.4 Å². The van der Waals surface area contributed by atoms with Crippen molar-refractivity contribution in [3.8, 4) is 0 Å².